The van der Waals surface area contributed by atoms with E-state index in [-0.39, 0.29) is 10.8 Å². The highest BCUT2D eigenvalue weighted by molar-refractivity contribution is 7.90. The van der Waals surface area contributed by atoms with Crippen LogP contribution in [-0.2, 0) is 14.8 Å². The summed E-state index contributed by atoms with van der Waals surface area (Å²) in [4.78, 5) is 21.4. The van der Waals surface area contributed by atoms with E-state index in [1.807, 2.05) is 36.6 Å². The average molecular weight is 469 g/mol. The SMILES string of the molecule is Cc1ccc(-c2csc(NC(=O)CCCCCN=C3NS(=O)(=O)c4ccccc43)n2)cc1. The van der Waals surface area contributed by atoms with Gasteiger partial charge in [-0.3, -0.25) is 14.5 Å². The summed E-state index contributed by atoms with van der Waals surface area (Å²) in [6.07, 6.45) is 2.74. The minimum atomic E-state index is -3.50. The number of hydrogen-bond acceptors (Lipinski definition) is 6. The largest absolute Gasteiger partial charge is 0.302 e. The van der Waals surface area contributed by atoms with Crippen LogP contribution in [0.5, 0.6) is 0 Å². The van der Waals surface area contributed by atoms with E-state index in [9.17, 15) is 13.2 Å². The zero-order valence-electron chi connectivity index (χ0n) is 17.7. The summed E-state index contributed by atoms with van der Waals surface area (Å²) >= 11 is 1.42. The lowest BCUT2D eigenvalue weighted by molar-refractivity contribution is -0.116. The first kappa shape index (κ1) is 22.2. The van der Waals surface area contributed by atoms with E-state index in [4.69, 9.17) is 0 Å². The van der Waals surface area contributed by atoms with Crippen molar-refractivity contribution in [3.8, 4) is 11.3 Å². The van der Waals surface area contributed by atoms with Crippen LogP contribution >= 0.6 is 11.3 Å². The third kappa shape index (κ3) is 5.23. The molecule has 0 radical (unpaired) electrons. The normalized spacial score (nSPS) is 15.3. The van der Waals surface area contributed by atoms with E-state index in [1.165, 1.54) is 16.9 Å². The lowest BCUT2D eigenvalue weighted by Gasteiger charge is -2.02. The number of thiazole rings is 1. The number of fused-ring (bicyclic) bond motifs is 1. The molecule has 0 saturated heterocycles. The Labute approximate surface area is 191 Å². The number of nitrogens with one attached hydrogen (secondary N) is 2. The van der Waals surface area contributed by atoms with Gasteiger partial charge < -0.3 is 5.32 Å². The van der Waals surface area contributed by atoms with Gasteiger partial charge in [0.1, 0.15) is 5.84 Å². The van der Waals surface area contributed by atoms with Crippen LogP contribution in [0.1, 0.15) is 36.8 Å². The Hall–Kier alpha value is -3.04. The number of anilines is 1. The maximum Gasteiger partial charge on any atom is 0.263 e. The smallest absolute Gasteiger partial charge is 0.263 e. The number of aromatic nitrogens is 1. The Morgan fingerprint density at radius 1 is 1.09 bits per heavy atom. The quantitative estimate of drug-likeness (QED) is 0.480. The molecule has 0 spiro atoms. The molecule has 0 unspecified atom stereocenters. The summed E-state index contributed by atoms with van der Waals surface area (Å²) in [6, 6.07) is 14.9. The molecule has 4 rings (SSSR count). The van der Waals surface area contributed by atoms with Crippen molar-refractivity contribution in [3.63, 3.8) is 0 Å². The topological polar surface area (TPSA) is 101 Å². The van der Waals surface area contributed by atoms with Gasteiger partial charge in [0.05, 0.1) is 10.6 Å². The van der Waals surface area contributed by atoms with Gasteiger partial charge in [0.25, 0.3) is 10.0 Å². The number of aliphatic imine (C=N–C) groups is 1. The van der Waals surface area contributed by atoms with Crippen LogP contribution in [0.4, 0.5) is 5.13 Å². The second-order valence-electron chi connectivity index (χ2n) is 7.59. The predicted molar refractivity (Wildman–Crippen MR) is 128 cm³/mol. The van der Waals surface area contributed by atoms with E-state index in [0.717, 1.165) is 30.5 Å². The maximum absolute atomic E-state index is 12.2. The highest BCUT2D eigenvalue weighted by atomic mass is 32.2. The molecule has 3 aromatic rings. The minimum Gasteiger partial charge on any atom is -0.302 e. The molecule has 1 aliphatic rings. The minimum absolute atomic E-state index is 0.0569. The van der Waals surface area contributed by atoms with Gasteiger partial charge in [0.15, 0.2) is 5.13 Å². The zero-order valence-corrected chi connectivity index (χ0v) is 19.3. The van der Waals surface area contributed by atoms with Gasteiger partial charge >= 0.3 is 0 Å². The van der Waals surface area contributed by atoms with Gasteiger partial charge in [-0.15, -0.1) is 11.3 Å². The van der Waals surface area contributed by atoms with Crippen LogP contribution in [0.25, 0.3) is 11.3 Å². The third-order valence-electron chi connectivity index (χ3n) is 5.09. The third-order valence-corrected chi connectivity index (χ3v) is 7.25. The standard InChI is InChI=1S/C23H24N4O3S2/c1-16-10-12-17(13-11-16)19-15-31-23(25-19)26-21(28)9-3-2-6-14-24-22-18-7-4-5-8-20(18)32(29,30)27-22/h4-5,7-8,10-13,15H,2-3,6,9,14H2,1H3,(H,24,27)(H,25,26,28). The average Bonchev–Trinajstić information content (AvgIpc) is 3.33. The Morgan fingerprint density at radius 2 is 1.88 bits per heavy atom. The van der Waals surface area contributed by atoms with Crippen LogP contribution in [-0.4, -0.2) is 31.7 Å². The van der Waals surface area contributed by atoms with Crippen LogP contribution in [0.2, 0.25) is 0 Å². The molecule has 0 fully saturated rings. The monoisotopic (exact) mass is 468 g/mol. The van der Waals surface area contributed by atoms with Crippen molar-refractivity contribution in [1.82, 2.24) is 9.71 Å². The Kier molecular flexibility index (Phi) is 6.66. The van der Waals surface area contributed by atoms with Crippen LogP contribution in [0.3, 0.4) is 0 Å². The number of carbonyl (C=O) groups is 1. The molecular weight excluding hydrogens is 444 g/mol. The van der Waals surface area contributed by atoms with Crippen molar-refractivity contribution >= 4 is 38.2 Å². The zero-order chi connectivity index (χ0) is 22.6. The number of sulfonamides is 1. The van der Waals surface area contributed by atoms with Crippen molar-refractivity contribution in [2.75, 3.05) is 11.9 Å². The van der Waals surface area contributed by atoms with Crippen LogP contribution < -0.4 is 10.0 Å². The molecule has 2 N–H and O–H groups in total. The molecule has 2 aromatic carbocycles. The number of carbonyl (C=O) groups excluding carboxylic acids is 1. The fourth-order valence-corrected chi connectivity index (χ4v) is 5.37. The van der Waals surface area contributed by atoms with Crippen molar-refractivity contribution in [2.45, 2.75) is 37.5 Å². The van der Waals surface area contributed by atoms with Gasteiger partial charge in [0.2, 0.25) is 5.91 Å². The number of aryl methyl sites for hydroxylation is 1. The van der Waals surface area contributed by atoms with Gasteiger partial charge in [-0.1, -0.05) is 48.4 Å². The first-order chi connectivity index (χ1) is 15.4. The summed E-state index contributed by atoms with van der Waals surface area (Å²) in [7, 11) is -3.50. The van der Waals surface area contributed by atoms with Gasteiger partial charge in [0, 0.05) is 29.5 Å². The molecule has 1 amide bonds. The molecule has 0 atom stereocenters. The first-order valence-electron chi connectivity index (χ1n) is 10.4. The predicted octanol–water partition coefficient (Wildman–Crippen LogP) is 4.36. The number of amidine groups is 1. The van der Waals surface area contributed by atoms with Gasteiger partial charge in [-0.2, -0.15) is 0 Å². The van der Waals surface area contributed by atoms with E-state index in [1.54, 1.807) is 24.3 Å². The molecule has 1 aliphatic heterocycles. The van der Waals surface area contributed by atoms with E-state index in [0.29, 0.717) is 29.5 Å². The second kappa shape index (κ2) is 9.62. The van der Waals surface area contributed by atoms with Gasteiger partial charge in [-0.05, 0) is 31.9 Å². The van der Waals surface area contributed by atoms with Crippen molar-refractivity contribution in [1.29, 1.82) is 0 Å². The summed E-state index contributed by atoms with van der Waals surface area (Å²) in [5.41, 5.74) is 3.69. The molecule has 0 aliphatic carbocycles. The first-order valence-corrected chi connectivity index (χ1v) is 12.8. The highest BCUT2D eigenvalue weighted by Crippen LogP contribution is 2.25. The number of nitrogens with zero attached hydrogens (tertiary/aromatic N) is 2. The van der Waals surface area contributed by atoms with E-state index in [2.05, 4.69) is 20.0 Å². The summed E-state index contributed by atoms with van der Waals surface area (Å²) in [5, 5.41) is 5.40. The Morgan fingerprint density at radius 3 is 2.69 bits per heavy atom. The second-order valence-corrected chi connectivity index (χ2v) is 10.1. The van der Waals surface area contributed by atoms with Crippen LogP contribution in [0.15, 0.2) is 63.8 Å². The van der Waals surface area contributed by atoms with E-state index < -0.39 is 10.0 Å². The highest BCUT2D eigenvalue weighted by Gasteiger charge is 2.29. The van der Waals surface area contributed by atoms with Gasteiger partial charge in [-0.25, -0.2) is 13.4 Å². The lowest BCUT2D eigenvalue weighted by atomic mass is 10.1. The molecular formula is C23H24N4O3S2. The fourth-order valence-electron chi connectivity index (χ4n) is 3.39. The Balaban J connectivity index is 1.20. The van der Waals surface area contributed by atoms with Crippen molar-refractivity contribution < 1.29 is 13.2 Å². The van der Waals surface area contributed by atoms with E-state index >= 15 is 0 Å². The number of amides is 1. The van der Waals surface area contributed by atoms with Crippen LogP contribution in [0, 0.1) is 6.92 Å². The fraction of sp³-hybridized carbons (Fsp3) is 0.261. The molecule has 0 saturated carbocycles. The number of rotatable bonds is 8. The Bertz CT molecular complexity index is 1250. The summed E-state index contributed by atoms with van der Waals surface area (Å²) in [5.74, 6) is 0.338. The van der Waals surface area contributed by atoms with Crippen molar-refractivity contribution in [3.05, 3.63) is 65.0 Å². The summed E-state index contributed by atoms with van der Waals surface area (Å²) < 4.78 is 26.7. The van der Waals surface area contributed by atoms with Crippen molar-refractivity contribution in [2.24, 2.45) is 4.99 Å². The molecule has 1 aromatic heterocycles. The molecule has 2 heterocycles. The molecule has 0 bridgehead atoms. The summed E-state index contributed by atoms with van der Waals surface area (Å²) in [6.45, 7) is 2.54. The maximum atomic E-state index is 12.2. The lowest BCUT2D eigenvalue weighted by Crippen LogP contribution is -2.22. The number of benzene rings is 2. The molecule has 9 heteroatoms. The number of hydrogen-bond donors (Lipinski definition) is 2. The molecule has 166 valence electrons. The molecule has 7 nitrogen and oxygen atoms in total. The molecule has 32 heavy (non-hydrogen) atoms. The number of unbranched alkanes of at least 4 members (excludes halogenated alkanes) is 2.